The molecule has 0 amide bonds. The highest BCUT2D eigenvalue weighted by atomic mass is 14.9. The highest BCUT2D eigenvalue weighted by molar-refractivity contribution is 5.09. The maximum absolute atomic E-state index is 4.29. The molecule has 2 aromatic rings. The quantitative estimate of drug-likeness (QED) is 0.808. The van der Waals surface area contributed by atoms with E-state index in [0.717, 1.165) is 18.7 Å². The molecule has 0 aliphatic rings. The van der Waals surface area contributed by atoms with Gasteiger partial charge < -0.3 is 0 Å². The molecule has 0 saturated carbocycles. The summed E-state index contributed by atoms with van der Waals surface area (Å²) in [6, 6.07) is 1.85. The Bertz CT molecular complexity index is 412. The predicted molar refractivity (Wildman–Crippen MR) is 70.1 cm³/mol. The van der Waals surface area contributed by atoms with Crippen molar-refractivity contribution in [2.24, 2.45) is 0 Å². The monoisotopic (exact) mass is 242 g/mol. The molecule has 0 fully saturated rings. The first-order valence-corrected chi connectivity index (χ1v) is 6.29. The molecule has 94 valence electrons. The minimum absolute atomic E-state index is 0.387. The van der Waals surface area contributed by atoms with Gasteiger partial charge in [-0.05, 0) is 30.4 Å². The van der Waals surface area contributed by atoms with Crippen LogP contribution in [0.25, 0.3) is 0 Å². The van der Waals surface area contributed by atoms with Crippen LogP contribution < -0.4 is 0 Å². The Balaban J connectivity index is 1.89. The summed E-state index contributed by atoms with van der Waals surface area (Å²) >= 11 is 0. The van der Waals surface area contributed by atoms with Crippen LogP contribution in [0.1, 0.15) is 49.9 Å². The zero-order valence-corrected chi connectivity index (χ0v) is 10.8. The van der Waals surface area contributed by atoms with Crippen LogP contribution in [0, 0.1) is 0 Å². The Labute approximate surface area is 108 Å². The molecule has 2 heterocycles. The number of hydrogen-bond acceptors (Lipinski definition) is 4. The molecule has 0 spiro atoms. The third-order valence-electron chi connectivity index (χ3n) is 3.21. The van der Waals surface area contributed by atoms with Crippen molar-refractivity contribution in [3.63, 3.8) is 0 Å². The van der Waals surface area contributed by atoms with Crippen molar-refractivity contribution in [3.05, 3.63) is 48.6 Å². The van der Waals surface area contributed by atoms with Gasteiger partial charge in [0.1, 0.15) is 12.2 Å². The summed E-state index contributed by atoms with van der Waals surface area (Å²) in [7, 11) is 0. The first kappa shape index (κ1) is 12.6. The van der Waals surface area contributed by atoms with Crippen LogP contribution in [-0.2, 0) is 0 Å². The van der Waals surface area contributed by atoms with E-state index in [9.17, 15) is 0 Å². The molecular formula is C14H18N4. The summed E-state index contributed by atoms with van der Waals surface area (Å²) in [5.74, 6) is 1.78. The van der Waals surface area contributed by atoms with Crippen LogP contribution in [0.5, 0.6) is 0 Å². The zero-order chi connectivity index (χ0) is 12.8. The normalized spacial score (nSPS) is 14.1. The molecule has 2 rings (SSSR count). The number of nitrogens with zero attached hydrogens (tertiary/aromatic N) is 4. The van der Waals surface area contributed by atoms with Crippen LogP contribution in [0.2, 0.25) is 0 Å². The first-order chi connectivity index (χ1) is 8.77. The Morgan fingerprint density at radius 3 is 2.22 bits per heavy atom. The predicted octanol–water partition coefficient (Wildman–Crippen LogP) is 2.95. The van der Waals surface area contributed by atoms with Gasteiger partial charge in [0.2, 0.25) is 0 Å². The lowest BCUT2D eigenvalue weighted by Gasteiger charge is -2.14. The van der Waals surface area contributed by atoms with Gasteiger partial charge in [0, 0.05) is 30.7 Å². The minimum Gasteiger partial charge on any atom is -0.245 e. The summed E-state index contributed by atoms with van der Waals surface area (Å²) in [6.07, 6.45) is 11.1. The fraction of sp³-hybridized carbons (Fsp3) is 0.429. The summed E-state index contributed by atoms with van der Waals surface area (Å²) in [5.41, 5.74) is 1.19. The maximum Gasteiger partial charge on any atom is 0.130 e. The lowest BCUT2D eigenvalue weighted by Crippen LogP contribution is -2.03. The van der Waals surface area contributed by atoms with Crippen LogP contribution in [0.15, 0.2) is 37.2 Å². The number of hydrogen-bond donors (Lipinski definition) is 0. The topological polar surface area (TPSA) is 51.6 Å². The van der Waals surface area contributed by atoms with E-state index in [0.29, 0.717) is 11.8 Å². The minimum atomic E-state index is 0.387. The zero-order valence-electron chi connectivity index (χ0n) is 10.8. The van der Waals surface area contributed by atoms with Crippen LogP contribution in [0.3, 0.4) is 0 Å². The standard InChI is InChI=1S/C14H18N4/c1-11(13-8-15-10-16-9-13)4-5-12(2)14-17-6-3-7-18-14/h3,6-12H,4-5H2,1-2H3. The van der Waals surface area contributed by atoms with Gasteiger partial charge in [-0.2, -0.15) is 0 Å². The van der Waals surface area contributed by atoms with Gasteiger partial charge in [0.25, 0.3) is 0 Å². The molecule has 4 heteroatoms. The van der Waals surface area contributed by atoms with E-state index in [2.05, 4.69) is 33.8 Å². The highest BCUT2D eigenvalue weighted by Gasteiger charge is 2.12. The lowest BCUT2D eigenvalue weighted by atomic mass is 9.94. The van der Waals surface area contributed by atoms with E-state index in [1.165, 1.54) is 5.56 Å². The smallest absolute Gasteiger partial charge is 0.130 e. The van der Waals surface area contributed by atoms with Crippen LogP contribution in [-0.4, -0.2) is 19.9 Å². The second kappa shape index (κ2) is 6.19. The molecule has 2 atom stereocenters. The van der Waals surface area contributed by atoms with Crippen LogP contribution in [0.4, 0.5) is 0 Å². The molecule has 0 N–H and O–H groups in total. The van der Waals surface area contributed by atoms with E-state index < -0.39 is 0 Å². The lowest BCUT2D eigenvalue weighted by molar-refractivity contribution is 0.553. The molecule has 2 unspecified atom stereocenters. The van der Waals surface area contributed by atoms with Gasteiger partial charge in [0.05, 0.1) is 0 Å². The molecular weight excluding hydrogens is 224 g/mol. The summed E-state index contributed by atoms with van der Waals surface area (Å²) in [4.78, 5) is 16.7. The molecule has 0 aromatic carbocycles. The molecule has 0 radical (unpaired) electrons. The Morgan fingerprint density at radius 2 is 1.56 bits per heavy atom. The Hall–Kier alpha value is -1.84. The third-order valence-corrected chi connectivity index (χ3v) is 3.21. The van der Waals surface area contributed by atoms with Gasteiger partial charge in [-0.1, -0.05) is 13.8 Å². The molecule has 2 aromatic heterocycles. The maximum atomic E-state index is 4.29. The summed E-state index contributed by atoms with van der Waals surface area (Å²) in [6.45, 7) is 4.38. The van der Waals surface area contributed by atoms with Crippen molar-refractivity contribution in [1.82, 2.24) is 19.9 Å². The highest BCUT2D eigenvalue weighted by Crippen LogP contribution is 2.24. The Morgan fingerprint density at radius 1 is 0.944 bits per heavy atom. The van der Waals surface area contributed by atoms with Crippen LogP contribution >= 0.6 is 0 Å². The van der Waals surface area contributed by atoms with E-state index in [4.69, 9.17) is 0 Å². The molecule has 0 bridgehead atoms. The number of rotatable bonds is 5. The van der Waals surface area contributed by atoms with E-state index in [1.54, 1.807) is 18.7 Å². The second-order valence-corrected chi connectivity index (χ2v) is 4.66. The molecule has 4 nitrogen and oxygen atoms in total. The largest absolute Gasteiger partial charge is 0.245 e. The van der Waals surface area contributed by atoms with E-state index in [-0.39, 0.29) is 0 Å². The summed E-state index contributed by atoms with van der Waals surface area (Å²) < 4.78 is 0. The van der Waals surface area contributed by atoms with E-state index in [1.807, 2.05) is 18.5 Å². The van der Waals surface area contributed by atoms with Gasteiger partial charge in [-0.25, -0.2) is 19.9 Å². The summed E-state index contributed by atoms with van der Waals surface area (Å²) in [5, 5.41) is 0. The fourth-order valence-corrected chi connectivity index (χ4v) is 1.93. The first-order valence-electron chi connectivity index (χ1n) is 6.29. The molecule has 18 heavy (non-hydrogen) atoms. The van der Waals surface area contributed by atoms with Gasteiger partial charge in [-0.15, -0.1) is 0 Å². The molecule has 0 aliphatic carbocycles. The number of aromatic nitrogens is 4. The average Bonchev–Trinajstić information content (AvgIpc) is 2.46. The van der Waals surface area contributed by atoms with Crippen molar-refractivity contribution in [2.45, 2.75) is 38.5 Å². The molecule has 0 saturated heterocycles. The average molecular weight is 242 g/mol. The van der Waals surface area contributed by atoms with Gasteiger partial charge in [-0.3, -0.25) is 0 Å². The van der Waals surface area contributed by atoms with Crippen molar-refractivity contribution < 1.29 is 0 Å². The second-order valence-electron chi connectivity index (χ2n) is 4.66. The van der Waals surface area contributed by atoms with Crippen molar-refractivity contribution in [1.29, 1.82) is 0 Å². The van der Waals surface area contributed by atoms with Crippen molar-refractivity contribution in [3.8, 4) is 0 Å². The fourth-order valence-electron chi connectivity index (χ4n) is 1.93. The van der Waals surface area contributed by atoms with Gasteiger partial charge in [0.15, 0.2) is 0 Å². The van der Waals surface area contributed by atoms with E-state index >= 15 is 0 Å². The molecule has 0 aliphatic heterocycles. The third kappa shape index (κ3) is 3.32. The Kier molecular flexibility index (Phi) is 4.34. The van der Waals surface area contributed by atoms with Gasteiger partial charge >= 0.3 is 0 Å². The van der Waals surface area contributed by atoms with Crippen molar-refractivity contribution >= 4 is 0 Å². The van der Waals surface area contributed by atoms with Crippen molar-refractivity contribution in [2.75, 3.05) is 0 Å². The SMILES string of the molecule is CC(CCC(C)c1ncccn1)c1cncnc1.